The first-order valence-corrected chi connectivity index (χ1v) is 9.51. The Bertz CT molecular complexity index is 618. The Morgan fingerprint density at radius 1 is 1.33 bits per heavy atom. The summed E-state index contributed by atoms with van der Waals surface area (Å²) in [5.74, 6) is 1.91. The molecule has 0 radical (unpaired) electrons. The summed E-state index contributed by atoms with van der Waals surface area (Å²) in [7, 11) is 5.97. The molecule has 0 bridgehead atoms. The van der Waals surface area contributed by atoms with E-state index in [9.17, 15) is 0 Å². The zero-order chi connectivity index (χ0) is 18.4. The molecule has 152 valence electrons. The number of guanidine groups is 1. The second-order valence-electron chi connectivity index (χ2n) is 7.63. The number of likely N-dealkylation sites (tertiary alicyclic amines) is 1. The number of halogens is 1. The van der Waals surface area contributed by atoms with Gasteiger partial charge in [0, 0.05) is 50.8 Å². The van der Waals surface area contributed by atoms with E-state index in [1.165, 1.54) is 12.8 Å². The molecule has 27 heavy (non-hydrogen) atoms. The van der Waals surface area contributed by atoms with Crippen molar-refractivity contribution >= 4 is 29.9 Å². The van der Waals surface area contributed by atoms with Crippen molar-refractivity contribution in [1.29, 1.82) is 0 Å². The number of benzene rings is 1. The van der Waals surface area contributed by atoms with Crippen LogP contribution in [0.3, 0.4) is 0 Å². The van der Waals surface area contributed by atoms with Gasteiger partial charge in [-0.25, -0.2) is 0 Å². The molecular formula is C20H33IN4O2. The van der Waals surface area contributed by atoms with Crippen molar-refractivity contribution < 1.29 is 9.47 Å². The lowest BCUT2D eigenvalue weighted by molar-refractivity contribution is 0.156. The third kappa shape index (κ3) is 5.96. The van der Waals surface area contributed by atoms with Gasteiger partial charge in [-0.05, 0) is 33.0 Å². The van der Waals surface area contributed by atoms with Crippen LogP contribution < -0.4 is 10.1 Å². The molecule has 1 aromatic rings. The van der Waals surface area contributed by atoms with Crippen molar-refractivity contribution in [2.75, 3.05) is 60.6 Å². The number of hydrogen-bond donors (Lipinski definition) is 1. The lowest BCUT2D eigenvalue weighted by atomic mass is 9.87. The molecule has 0 amide bonds. The number of aliphatic imine (C=N–C) groups is 1. The van der Waals surface area contributed by atoms with Gasteiger partial charge < -0.3 is 24.6 Å². The van der Waals surface area contributed by atoms with Gasteiger partial charge in [0.1, 0.15) is 12.4 Å². The fourth-order valence-corrected chi connectivity index (χ4v) is 3.72. The highest BCUT2D eigenvalue weighted by atomic mass is 127. The molecule has 0 aliphatic carbocycles. The third-order valence-electron chi connectivity index (χ3n) is 5.34. The summed E-state index contributed by atoms with van der Waals surface area (Å²) in [6.07, 6.45) is 2.36. The zero-order valence-electron chi connectivity index (χ0n) is 16.7. The molecule has 1 unspecified atom stereocenters. The van der Waals surface area contributed by atoms with Gasteiger partial charge in [-0.15, -0.1) is 24.0 Å². The zero-order valence-corrected chi connectivity index (χ0v) is 19.1. The van der Waals surface area contributed by atoms with Gasteiger partial charge in [0.25, 0.3) is 0 Å². The van der Waals surface area contributed by atoms with Gasteiger partial charge in [-0.1, -0.05) is 18.2 Å². The summed E-state index contributed by atoms with van der Waals surface area (Å²) >= 11 is 0. The molecule has 3 rings (SSSR count). The van der Waals surface area contributed by atoms with Gasteiger partial charge in [0.05, 0.1) is 6.61 Å². The van der Waals surface area contributed by atoms with Crippen molar-refractivity contribution in [2.24, 2.45) is 10.4 Å². The van der Waals surface area contributed by atoms with E-state index in [1.807, 2.05) is 19.2 Å². The van der Waals surface area contributed by atoms with Crippen molar-refractivity contribution in [3.05, 3.63) is 29.8 Å². The molecule has 7 heteroatoms. The number of nitrogens with zero attached hydrogens (tertiary/aromatic N) is 3. The number of nitrogens with one attached hydrogen (secondary N) is 1. The summed E-state index contributed by atoms with van der Waals surface area (Å²) in [6, 6.07) is 8.23. The second-order valence-corrected chi connectivity index (χ2v) is 7.63. The molecule has 1 N–H and O–H groups in total. The molecule has 1 spiro atoms. The van der Waals surface area contributed by atoms with Crippen molar-refractivity contribution in [2.45, 2.75) is 19.4 Å². The fraction of sp³-hybridized carbons (Fsp3) is 0.650. The Kier molecular flexibility index (Phi) is 8.62. The monoisotopic (exact) mass is 488 g/mol. The summed E-state index contributed by atoms with van der Waals surface area (Å²) < 4.78 is 11.6. The first kappa shape index (κ1) is 22.2. The van der Waals surface area contributed by atoms with E-state index in [-0.39, 0.29) is 24.0 Å². The molecular weight excluding hydrogens is 455 g/mol. The molecule has 2 aliphatic rings. The highest BCUT2D eigenvalue weighted by Crippen LogP contribution is 2.38. The standard InChI is InChI=1S/C20H32N4O2.HI/c1-21-19(24-10-8-20(15-24)9-12-25-16-20)22-14-17-6-4-5-7-18(17)26-13-11-23(2)3;/h4-7H,8-16H2,1-3H3,(H,21,22);1H. The number of likely N-dealkylation sites (N-methyl/N-ethyl adjacent to an activating group) is 1. The topological polar surface area (TPSA) is 49.3 Å². The largest absolute Gasteiger partial charge is 0.492 e. The molecule has 2 aliphatic heterocycles. The van der Waals surface area contributed by atoms with Crippen LogP contribution >= 0.6 is 24.0 Å². The fourth-order valence-electron chi connectivity index (χ4n) is 3.72. The van der Waals surface area contributed by atoms with Gasteiger partial charge in [-0.2, -0.15) is 0 Å². The maximum Gasteiger partial charge on any atom is 0.193 e. The van der Waals surface area contributed by atoms with Crippen molar-refractivity contribution in [3.63, 3.8) is 0 Å². The number of rotatable bonds is 6. The smallest absolute Gasteiger partial charge is 0.193 e. The minimum atomic E-state index is 0. The Morgan fingerprint density at radius 3 is 2.85 bits per heavy atom. The van der Waals surface area contributed by atoms with Gasteiger partial charge in [-0.3, -0.25) is 4.99 Å². The first-order valence-electron chi connectivity index (χ1n) is 9.51. The van der Waals surface area contributed by atoms with E-state index in [0.29, 0.717) is 18.6 Å². The Morgan fingerprint density at radius 2 is 2.15 bits per heavy atom. The van der Waals surface area contributed by atoms with E-state index in [1.54, 1.807) is 0 Å². The van der Waals surface area contributed by atoms with E-state index in [2.05, 4.69) is 46.3 Å². The lowest BCUT2D eigenvalue weighted by Crippen LogP contribution is -2.41. The molecule has 6 nitrogen and oxygen atoms in total. The van der Waals surface area contributed by atoms with Gasteiger partial charge in [0.15, 0.2) is 5.96 Å². The quantitative estimate of drug-likeness (QED) is 0.379. The maximum atomic E-state index is 5.96. The van der Waals surface area contributed by atoms with E-state index >= 15 is 0 Å². The van der Waals surface area contributed by atoms with Crippen LogP contribution in [0.2, 0.25) is 0 Å². The third-order valence-corrected chi connectivity index (χ3v) is 5.34. The van der Waals surface area contributed by atoms with Gasteiger partial charge >= 0.3 is 0 Å². The van der Waals surface area contributed by atoms with Crippen LogP contribution in [0.4, 0.5) is 0 Å². The number of hydrogen-bond acceptors (Lipinski definition) is 4. The Balaban J connectivity index is 0.00000261. The first-order chi connectivity index (χ1) is 12.6. The Hall–Kier alpha value is -1.06. The van der Waals surface area contributed by atoms with Crippen LogP contribution in [0.25, 0.3) is 0 Å². The average molecular weight is 488 g/mol. The highest BCUT2D eigenvalue weighted by molar-refractivity contribution is 14.0. The number of ether oxygens (including phenoxy) is 2. The molecule has 0 saturated carbocycles. The van der Waals surface area contributed by atoms with Crippen LogP contribution in [0.5, 0.6) is 5.75 Å². The summed E-state index contributed by atoms with van der Waals surface area (Å²) in [5.41, 5.74) is 1.50. The van der Waals surface area contributed by atoms with Crippen LogP contribution in [0.15, 0.2) is 29.3 Å². The van der Waals surface area contributed by atoms with Crippen LogP contribution in [0, 0.1) is 5.41 Å². The normalized spacial score (nSPS) is 22.4. The molecule has 0 aromatic heterocycles. The predicted octanol–water partition coefficient (Wildman–Crippen LogP) is 2.43. The molecule has 2 fully saturated rings. The van der Waals surface area contributed by atoms with E-state index < -0.39 is 0 Å². The Labute approximate surface area is 180 Å². The van der Waals surface area contributed by atoms with Crippen molar-refractivity contribution in [3.8, 4) is 5.75 Å². The average Bonchev–Trinajstić information content (AvgIpc) is 3.27. The molecule has 2 heterocycles. The minimum absolute atomic E-state index is 0. The van der Waals surface area contributed by atoms with E-state index in [4.69, 9.17) is 9.47 Å². The van der Waals surface area contributed by atoms with Gasteiger partial charge in [0.2, 0.25) is 0 Å². The minimum Gasteiger partial charge on any atom is -0.492 e. The molecule has 1 atom stereocenters. The highest BCUT2D eigenvalue weighted by Gasteiger charge is 2.42. The van der Waals surface area contributed by atoms with Crippen LogP contribution in [-0.2, 0) is 11.3 Å². The lowest BCUT2D eigenvalue weighted by Gasteiger charge is -2.25. The second kappa shape index (κ2) is 10.5. The summed E-state index contributed by atoms with van der Waals surface area (Å²) in [4.78, 5) is 8.99. The van der Waals surface area contributed by atoms with Crippen LogP contribution in [0.1, 0.15) is 18.4 Å². The SMILES string of the molecule is CN=C(NCc1ccccc1OCCN(C)C)N1CCC2(CCOC2)C1.I. The summed E-state index contributed by atoms with van der Waals surface area (Å²) in [5, 5.41) is 3.52. The molecule has 1 aromatic carbocycles. The maximum absolute atomic E-state index is 5.96. The van der Waals surface area contributed by atoms with Crippen LogP contribution in [-0.4, -0.2) is 76.4 Å². The summed E-state index contributed by atoms with van der Waals surface area (Å²) in [6.45, 7) is 6.18. The van der Waals surface area contributed by atoms with Crippen molar-refractivity contribution in [1.82, 2.24) is 15.1 Å². The number of para-hydroxylation sites is 1. The predicted molar refractivity (Wildman–Crippen MR) is 120 cm³/mol. The molecule has 2 saturated heterocycles. The van der Waals surface area contributed by atoms with E-state index in [0.717, 1.165) is 50.1 Å².